The molecule has 1 aliphatic rings. The van der Waals surface area contributed by atoms with E-state index in [4.69, 9.17) is 5.73 Å². The number of aryl methyl sites for hydroxylation is 1. The zero-order valence-electron chi connectivity index (χ0n) is 9.79. The summed E-state index contributed by atoms with van der Waals surface area (Å²) >= 11 is 3.20. The number of nitrogens with zero attached hydrogens (tertiary/aromatic N) is 2. The summed E-state index contributed by atoms with van der Waals surface area (Å²) in [7, 11) is 0. The Morgan fingerprint density at radius 3 is 2.89 bits per heavy atom. The van der Waals surface area contributed by atoms with Gasteiger partial charge in [0, 0.05) is 11.8 Å². The molecule has 0 bridgehead atoms. The van der Waals surface area contributed by atoms with Crippen molar-refractivity contribution >= 4 is 21.6 Å². The summed E-state index contributed by atoms with van der Waals surface area (Å²) in [4.78, 5) is 4.42. The van der Waals surface area contributed by atoms with E-state index in [9.17, 15) is 4.39 Å². The summed E-state index contributed by atoms with van der Waals surface area (Å²) in [5, 5.41) is 0. The van der Waals surface area contributed by atoms with Gasteiger partial charge in [0.25, 0.3) is 0 Å². The molecule has 1 aromatic heterocycles. The normalized spacial score (nSPS) is 14.6. The zero-order chi connectivity index (χ0) is 12.7. The summed E-state index contributed by atoms with van der Waals surface area (Å²) in [6.45, 7) is 0. The van der Waals surface area contributed by atoms with Gasteiger partial charge in [0.2, 0.25) is 0 Å². The van der Waals surface area contributed by atoms with Crippen LogP contribution in [0, 0.1) is 5.82 Å². The van der Waals surface area contributed by atoms with Gasteiger partial charge in [-0.25, -0.2) is 9.37 Å². The molecule has 0 aliphatic heterocycles. The van der Waals surface area contributed by atoms with E-state index in [2.05, 4.69) is 20.9 Å². The van der Waals surface area contributed by atoms with Gasteiger partial charge in [-0.2, -0.15) is 0 Å². The highest BCUT2D eigenvalue weighted by molar-refractivity contribution is 9.10. The number of hydrogen-bond acceptors (Lipinski definition) is 2. The maximum Gasteiger partial charge on any atom is 0.139 e. The highest BCUT2D eigenvalue weighted by Gasteiger charge is 2.18. The molecule has 18 heavy (non-hydrogen) atoms. The van der Waals surface area contributed by atoms with E-state index in [0.717, 1.165) is 24.2 Å². The minimum atomic E-state index is -0.342. The molecule has 0 unspecified atom stereocenters. The average molecular weight is 310 g/mol. The Kier molecular flexibility index (Phi) is 2.86. The van der Waals surface area contributed by atoms with Gasteiger partial charge >= 0.3 is 0 Å². The van der Waals surface area contributed by atoms with Crippen LogP contribution >= 0.6 is 15.9 Å². The van der Waals surface area contributed by atoms with Crippen LogP contribution in [0.3, 0.4) is 0 Å². The maximum absolute atomic E-state index is 13.4. The van der Waals surface area contributed by atoms with Crippen LogP contribution in [-0.4, -0.2) is 9.55 Å². The third-order valence-corrected chi connectivity index (χ3v) is 3.97. The molecule has 0 spiro atoms. The van der Waals surface area contributed by atoms with Crippen molar-refractivity contribution in [1.82, 2.24) is 9.55 Å². The van der Waals surface area contributed by atoms with Gasteiger partial charge in [0.05, 0.1) is 27.9 Å². The van der Waals surface area contributed by atoms with Gasteiger partial charge in [0.15, 0.2) is 0 Å². The fourth-order valence-corrected chi connectivity index (χ4v) is 2.77. The molecule has 1 aromatic carbocycles. The molecule has 0 amide bonds. The monoisotopic (exact) mass is 309 g/mol. The molecule has 0 saturated heterocycles. The molecule has 2 N–H and O–H groups in total. The summed E-state index contributed by atoms with van der Waals surface area (Å²) in [5.41, 5.74) is 9.47. The number of nitrogens with two attached hydrogens (primary N) is 1. The number of benzene rings is 1. The molecule has 3 rings (SSSR count). The van der Waals surface area contributed by atoms with Crippen LogP contribution in [0.1, 0.15) is 24.2 Å². The molecule has 2 aromatic rings. The Balaban J connectivity index is 2.15. The van der Waals surface area contributed by atoms with Gasteiger partial charge in [0.1, 0.15) is 5.82 Å². The van der Waals surface area contributed by atoms with Crippen molar-refractivity contribution in [2.45, 2.75) is 25.7 Å². The van der Waals surface area contributed by atoms with E-state index >= 15 is 0 Å². The number of halogens is 2. The Labute approximate surface area is 113 Å². The Morgan fingerprint density at radius 2 is 2.06 bits per heavy atom. The second-order valence-electron chi connectivity index (χ2n) is 4.54. The molecule has 0 atom stereocenters. The summed E-state index contributed by atoms with van der Waals surface area (Å²) < 4.78 is 15.8. The van der Waals surface area contributed by atoms with Crippen LogP contribution in [0.5, 0.6) is 0 Å². The largest absolute Gasteiger partial charge is 0.397 e. The van der Waals surface area contributed by atoms with Crippen molar-refractivity contribution in [2.24, 2.45) is 0 Å². The third-order valence-electron chi connectivity index (χ3n) is 3.36. The highest BCUT2D eigenvalue weighted by atomic mass is 79.9. The third kappa shape index (κ3) is 1.82. The van der Waals surface area contributed by atoms with Gasteiger partial charge in [-0.3, -0.25) is 0 Å². The van der Waals surface area contributed by atoms with E-state index in [1.54, 1.807) is 12.4 Å². The number of fused-ring (bicyclic) bond motifs is 1. The number of hydrogen-bond donors (Lipinski definition) is 1. The molecule has 3 nitrogen and oxygen atoms in total. The second kappa shape index (κ2) is 4.39. The standard InChI is InChI=1S/C13H13BrFN3/c14-8-5-13(10(16)6-9(8)15)18-7-17-11-3-1-2-4-12(11)18/h5-7H,1-4,16H2. The number of imidazole rings is 1. The smallest absolute Gasteiger partial charge is 0.139 e. The summed E-state index contributed by atoms with van der Waals surface area (Å²) in [6, 6.07) is 3.05. The van der Waals surface area contributed by atoms with Gasteiger partial charge in [-0.15, -0.1) is 0 Å². The van der Waals surface area contributed by atoms with Crippen molar-refractivity contribution in [2.75, 3.05) is 5.73 Å². The predicted octanol–water partition coefficient (Wildman–Crippen LogP) is 3.23. The minimum absolute atomic E-state index is 0.342. The van der Waals surface area contributed by atoms with Gasteiger partial charge < -0.3 is 10.3 Å². The minimum Gasteiger partial charge on any atom is -0.397 e. The van der Waals surface area contributed by atoms with Crippen molar-refractivity contribution in [3.63, 3.8) is 0 Å². The van der Waals surface area contributed by atoms with Crippen LogP contribution in [0.4, 0.5) is 10.1 Å². The first kappa shape index (κ1) is 11.7. The molecule has 1 aliphatic carbocycles. The zero-order valence-corrected chi connectivity index (χ0v) is 11.4. The molecule has 0 saturated carbocycles. The van der Waals surface area contributed by atoms with E-state index < -0.39 is 0 Å². The molecule has 1 heterocycles. The Bertz CT molecular complexity index is 607. The number of anilines is 1. The number of nitrogen functional groups attached to an aromatic ring is 1. The number of aromatic nitrogens is 2. The fourth-order valence-electron chi connectivity index (χ4n) is 2.44. The van der Waals surface area contributed by atoms with Crippen molar-refractivity contribution in [3.05, 3.63) is 40.1 Å². The van der Waals surface area contributed by atoms with Crippen molar-refractivity contribution in [3.8, 4) is 5.69 Å². The van der Waals surface area contributed by atoms with Crippen molar-refractivity contribution < 1.29 is 4.39 Å². The second-order valence-corrected chi connectivity index (χ2v) is 5.39. The van der Waals surface area contributed by atoms with E-state index in [1.165, 1.54) is 24.6 Å². The fraction of sp³-hybridized carbons (Fsp3) is 0.308. The van der Waals surface area contributed by atoms with E-state index in [-0.39, 0.29) is 5.82 Å². The molecule has 94 valence electrons. The Morgan fingerprint density at radius 1 is 1.28 bits per heavy atom. The van der Waals surface area contributed by atoms with Crippen molar-refractivity contribution in [1.29, 1.82) is 0 Å². The van der Waals surface area contributed by atoms with Crippen LogP contribution in [-0.2, 0) is 12.8 Å². The van der Waals surface area contributed by atoms with Crippen LogP contribution in [0.15, 0.2) is 22.9 Å². The first-order chi connectivity index (χ1) is 8.66. The summed E-state index contributed by atoms with van der Waals surface area (Å²) in [5.74, 6) is -0.342. The van der Waals surface area contributed by atoms with Gasteiger partial charge in [-0.05, 0) is 47.7 Å². The lowest BCUT2D eigenvalue weighted by Crippen LogP contribution is -2.08. The van der Waals surface area contributed by atoms with E-state index in [0.29, 0.717) is 10.2 Å². The van der Waals surface area contributed by atoms with Crippen LogP contribution < -0.4 is 5.73 Å². The molecular weight excluding hydrogens is 297 g/mol. The number of rotatable bonds is 1. The van der Waals surface area contributed by atoms with Crippen LogP contribution in [0.25, 0.3) is 5.69 Å². The predicted molar refractivity (Wildman–Crippen MR) is 72.3 cm³/mol. The van der Waals surface area contributed by atoms with Crippen LogP contribution in [0.2, 0.25) is 0 Å². The maximum atomic E-state index is 13.4. The highest BCUT2D eigenvalue weighted by Crippen LogP contribution is 2.29. The van der Waals surface area contributed by atoms with Gasteiger partial charge in [-0.1, -0.05) is 0 Å². The topological polar surface area (TPSA) is 43.8 Å². The first-order valence-corrected chi connectivity index (χ1v) is 6.76. The average Bonchev–Trinajstić information content (AvgIpc) is 2.78. The molecular formula is C13H13BrFN3. The molecule has 0 radical (unpaired) electrons. The quantitative estimate of drug-likeness (QED) is 0.822. The molecule has 0 fully saturated rings. The SMILES string of the molecule is Nc1cc(F)c(Br)cc1-n1cnc2c1CCCC2. The Hall–Kier alpha value is -1.36. The lowest BCUT2D eigenvalue weighted by molar-refractivity contribution is 0.620. The van der Waals surface area contributed by atoms with E-state index in [1.807, 2.05) is 4.57 Å². The molecule has 5 heteroatoms. The lowest BCUT2D eigenvalue weighted by Gasteiger charge is -2.15. The first-order valence-electron chi connectivity index (χ1n) is 5.97. The summed E-state index contributed by atoms with van der Waals surface area (Å²) in [6.07, 6.45) is 6.16. The lowest BCUT2D eigenvalue weighted by atomic mass is 10.0.